The minimum atomic E-state index is -0.424. The van der Waals surface area contributed by atoms with E-state index in [-0.39, 0.29) is 0 Å². The number of hydrogen-bond donors (Lipinski definition) is 1. The minimum absolute atomic E-state index is 0.424. The van der Waals surface area contributed by atoms with E-state index >= 15 is 0 Å². The van der Waals surface area contributed by atoms with Crippen LogP contribution in [0.4, 0.5) is 0 Å². The van der Waals surface area contributed by atoms with Crippen LogP contribution in [0.15, 0.2) is 0 Å². The van der Waals surface area contributed by atoms with Gasteiger partial charge in [-0.25, -0.2) is 0 Å². The molecule has 0 bridgehead atoms. The van der Waals surface area contributed by atoms with Crippen LogP contribution in [-0.2, 0) is 0 Å². The molecule has 1 rings (SSSR count). The van der Waals surface area contributed by atoms with Crippen LogP contribution in [-0.4, -0.2) is 60.8 Å². The van der Waals surface area contributed by atoms with Crippen molar-refractivity contribution in [1.29, 1.82) is 0 Å². The molecule has 0 radical (unpaired) electrons. The standard InChI is InChI=1S/C11H24N2O/c1-11(14)5-4-7-13(8-6-11)10-9-12(2)3/h14H,4-10H2,1-3H3. The van der Waals surface area contributed by atoms with Crippen LogP contribution in [0.2, 0.25) is 0 Å². The molecule has 0 amide bonds. The van der Waals surface area contributed by atoms with Crippen LogP contribution < -0.4 is 0 Å². The lowest BCUT2D eigenvalue weighted by atomic mass is 9.98. The van der Waals surface area contributed by atoms with Gasteiger partial charge in [0.15, 0.2) is 0 Å². The highest BCUT2D eigenvalue weighted by molar-refractivity contribution is 4.79. The summed E-state index contributed by atoms with van der Waals surface area (Å²) < 4.78 is 0. The van der Waals surface area contributed by atoms with Crippen LogP contribution in [0.1, 0.15) is 26.2 Å². The maximum atomic E-state index is 9.91. The highest BCUT2D eigenvalue weighted by Crippen LogP contribution is 2.20. The lowest BCUT2D eigenvalue weighted by molar-refractivity contribution is 0.0445. The molecule has 84 valence electrons. The number of likely N-dealkylation sites (N-methyl/N-ethyl adjacent to an activating group) is 1. The zero-order valence-electron chi connectivity index (χ0n) is 9.79. The second kappa shape index (κ2) is 5.10. The quantitative estimate of drug-likeness (QED) is 0.729. The third-order valence-electron chi connectivity index (χ3n) is 3.02. The van der Waals surface area contributed by atoms with Crippen molar-refractivity contribution in [2.24, 2.45) is 0 Å². The van der Waals surface area contributed by atoms with Crippen molar-refractivity contribution in [3.05, 3.63) is 0 Å². The van der Waals surface area contributed by atoms with Crippen molar-refractivity contribution in [1.82, 2.24) is 9.80 Å². The molecule has 1 atom stereocenters. The first-order chi connectivity index (χ1) is 6.49. The van der Waals surface area contributed by atoms with Gasteiger partial charge in [0.25, 0.3) is 0 Å². The van der Waals surface area contributed by atoms with Gasteiger partial charge in [-0.3, -0.25) is 0 Å². The Bertz CT molecular complexity index is 169. The van der Waals surface area contributed by atoms with Gasteiger partial charge in [-0.15, -0.1) is 0 Å². The van der Waals surface area contributed by atoms with E-state index in [2.05, 4.69) is 23.9 Å². The lowest BCUT2D eigenvalue weighted by Gasteiger charge is -2.23. The molecule has 0 aromatic rings. The van der Waals surface area contributed by atoms with Gasteiger partial charge in [-0.1, -0.05) is 0 Å². The lowest BCUT2D eigenvalue weighted by Crippen LogP contribution is -2.33. The van der Waals surface area contributed by atoms with E-state index in [1.54, 1.807) is 0 Å². The minimum Gasteiger partial charge on any atom is -0.390 e. The second-order valence-corrected chi connectivity index (χ2v) is 5.00. The SMILES string of the molecule is CN(C)CCN1CCCC(C)(O)CC1. The molecular formula is C11H24N2O. The molecule has 3 nitrogen and oxygen atoms in total. The van der Waals surface area contributed by atoms with Gasteiger partial charge >= 0.3 is 0 Å². The molecule has 1 N–H and O–H groups in total. The van der Waals surface area contributed by atoms with Gasteiger partial charge < -0.3 is 14.9 Å². The summed E-state index contributed by atoms with van der Waals surface area (Å²) in [6, 6.07) is 0. The molecule has 3 heteroatoms. The molecule has 0 spiro atoms. The summed E-state index contributed by atoms with van der Waals surface area (Å²) in [6.07, 6.45) is 2.99. The first-order valence-corrected chi connectivity index (χ1v) is 5.59. The maximum Gasteiger partial charge on any atom is 0.0632 e. The van der Waals surface area contributed by atoms with Crippen molar-refractivity contribution in [3.8, 4) is 0 Å². The molecule has 1 aliphatic rings. The largest absolute Gasteiger partial charge is 0.390 e. The molecule has 1 unspecified atom stereocenters. The number of likely N-dealkylation sites (tertiary alicyclic amines) is 1. The first-order valence-electron chi connectivity index (χ1n) is 5.59. The summed E-state index contributed by atoms with van der Waals surface area (Å²) in [5.74, 6) is 0. The molecule has 0 aromatic heterocycles. The highest BCUT2D eigenvalue weighted by Gasteiger charge is 2.24. The fourth-order valence-electron chi connectivity index (χ4n) is 1.88. The van der Waals surface area contributed by atoms with E-state index in [1.165, 1.54) is 0 Å². The highest BCUT2D eigenvalue weighted by atomic mass is 16.3. The average Bonchev–Trinajstić information content (AvgIpc) is 2.23. The van der Waals surface area contributed by atoms with Gasteiger partial charge in [0.2, 0.25) is 0 Å². The molecule has 0 aliphatic carbocycles. The average molecular weight is 200 g/mol. The van der Waals surface area contributed by atoms with Gasteiger partial charge in [0.1, 0.15) is 0 Å². The predicted octanol–water partition coefficient (Wildman–Crippen LogP) is 0.785. The summed E-state index contributed by atoms with van der Waals surface area (Å²) in [5.41, 5.74) is -0.424. The summed E-state index contributed by atoms with van der Waals surface area (Å²) in [7, 11) is 4.21. The Morgan fingerprint density at radius 2 is 2.00 bits per heavy atom. The van der Waals surface area contributed by atoms with Gasteiger partial charge in [-0.05, 0) is 46.8 Å². The van der Waals surface area contributed by atoms with E-state index in [0.29, 0.717) is 0 Å². The summed E-state index contributed by atoms with van der Waals surface area (Å²) in [4.78, 5) is 4.67. The number of hydrogen-bond acceptors (Lipinski definition) is 3. The van der Waals surface area contributed by atoms with Crippen LogP contribution in [0, 0.1) is 0 Å². The van der Waals surface area contributed by atoms with Crippen LogP contribution in [0.5, 0.6) is 0 Å². The van der Waals surface area contributed by atoms with Gasteiger partial charge in [0.05, 0.1) is 5.60 Å². The topological polar surface area (TPSA) is 26.7 Å². The Labute approximate surface area is 87.7 Å². The van der Waals surface area contributed by atoms with E-state index in [0.717, 1.165) is 45.4 Å². The van der Waals surface area contributed by atoms with Crippen LogP contribution >= 0.6 is 0 Å². The molecule has 0 aromatic carbocycles. The predicted molar refractivity (Wildman–Crippen MR) is 59.5 cm³/mol. The van der Waals surface area contributed by atoms with Crippen LogP contribution in [0.3, 0.4) is 0 Å². The third kappa shape index (κ3) is 4.40. The molecule has 1 fully saturated rings. The van der Waals surface area contributed by atoms with Crippen molar-refractivity contribution >= 4 is 0 Å². The third-order valence-corrected chi connectivity index (χ3v) is 3.02. The van der Waals surface area contributed by atoms with E-state index in [1.807, 2.05) is 6.92 Å². The number of nitrogens with zero attached hydrogens (tertiary/aromatic N) is 2. The molecule has 1 aliphatic heterocycles. The van der Waals surface area contributed by atoms with Crippen molar-refractivity contribution < 1.29 is 5.11 Å². The zero-order valence-corrected chi connectivity index (χ0v) is 9.79. The van der Waals surface area contributed by atoms with Gasteiger partial charge in [0, 0.05) is 19.6 Å². The van der Waals surface area contributed by atoms with E-state index in [4.69, 9.17) is 0 Å². The van der Waals surface area contributed by atoms with Crippen molar-refractivity contribution in [3.63, 3.8) is 0 Å². The van der Waals surface area contributed by atoms with Crippen molar-refractivity contribution in [2.75, 3.05) is 40.3 Å². The Hall–Kier alpha value is -0.120. The molecule has 1 saturated heterocycles. The Kier molecular flexibility index (Phi) is 4.35. The number of aliphatic hydroxyl groups is 1. The van der Waals surface area contributed by atoms with E-state index < -0.39 is 5.60 Å². The maximum absolute atomic E-state index is 9.91. The van der Waals surface area contributed by atoms with Crippen molar-refractivity contribution in [2.45, 2.75) is 31.8 Å². The Morgan fingerprint density at radius 3 is 2.64 bits per heavy atom. The zero-order chi connectivity index (χ0) is 10.6. The van der Waals surface area contributed by atoms with Gasteiger partial charge in [-0.2, -0.15) is 0 Å². The summed E-state index contributed by atoms with van der Waals surface area (Å²) >= 11 is 0. The van der Waals surface area contributed by atoms with E-state index in [9.17, 15) is 5.11 Å². The van der Waals surface area contributed by atoms with Crippen LogP contribution in [0.25, 0.3) is 0 Å². The molecular weight excluding hydrogens is 176 g/mol. The normalized spacial score (nSPS) is 30.6. The second-order valence-electron chi connectivity index (χ2n) is 5.00. The summed E-state index contributed by atoms with van der Waals surface area (Å²) in [6.45, 7) is 6.39. The fraction of sp³-hybridized carbons (Fsp3) is 1.00. The Balaban J connectivity index is 2.28. The molecule has 1 heterocycles. The Morgan fingerprint density at radius 1 is 1.29 bits per heavy atom. The first kappa shape index (κ1) is 12.0. The number of rotatable bonds is 3. The monoisotopic (exact) mass is 200 g/mol. The summed E-state index contributed by atoms with van der Waals surface area (Å²) in [5, 5.41) is 9.91. The molecule has 14 heavy (non-hydrogen) atoms. The smallest absolute Gasteiger partial charge is 0.0632 e. The molecule has 0 saturated carbocycles. The fourth-order valence-corrected chi connectivity index (χ4v) is 1.88.